The quantitative estimate of drug-likeness (QED) is 0.282. The first-order valence-corrected chi connectivity index (χ1v) is 13.0. The minimum atomic E-state index is -4.47. The molecule has 1 amide bonds. The Morgan fingerprint density at radius 3 is 2.43 bits per heavy atom. The van der Waals surface area contributed by atoms with Crippen LogP contribution in [0.15, 0.2) is 59.6 Å². The van der Waals surface area contributed by atoms with Gasteiger partial charge in [-0.3, -0.25) is 14.8 Å². The monoisotopic (exact) mass is 564 g/mol. The Morgan fingerprint density at radius 1 is 1.00 bits per heavy atom. The van der Waals surface area contributed by atoms with Crippen LogP contribution in [0.2, 0.25) is 10.0 Å². The van der Waals surface area contributed by atoms with Crippen molar-refractivity contribution in [3.63, 3.8) is 0 Å². The minimum absolute atomic E-state index is 0.0664. The van der Waals surface area contributed by atoms with Gasteiger partial charge in [-0.05, 0) is 48.0 Å². The summed E-state index contributed by atoms with van der Waals surface area (Å²) in [7, 11) is -4.47. The number of nitrogens with zero attached hydrogens (tertiary/aromatic N) is 2. The lowest BCUT2D eigenvalue weighted by molar-refractivity contribution is -0.123. The summed E-state index contributed by atoms with van der Waals surface area (Å²) in [6, 6.07) is 10.5. The highest BCUT2D eigenvalue weighted by molar-refractivity contribution is 7.92. The zero-order valence-corrected chi connectivity index (χ0v) is 22.1. The standard InChI is InChI=1S/C25H20Cl2F2N4O3S/c1-25(2,3)23(34)32-24-30-12-14-10-13(4-9-19(14)31-24)16-6-8-18(28)22(21(16)29)33-37(35,36)20-11-15(26)5-7-17(20)27/h4-12,33H,1-3H3,(H,30,31,32,34). The maximum Gasteiger partial charge on any atom is 0.263 e. The molecule has 192 valence electrons. The highest BCUT2D eigenvalue weighted by atomic mass is 35.5. The number of hydrogen-bond donors (Lipinski definition) is 2. The molecule has 1 heterocycles. The van der Waals surface area contributed by atoms with Gasteiger partial charge in [0.25, 0.3) is 10.0 Å². The van der Waals surface area contributed by atoms with Crippen molar-refractivity contribution in [1.29, 1.82) is 0 Å². The highest BCUT2D eigenvalue weighted by Crippen LogP contribution is 2.34. The Bertz CT molecular complexity index is 1660. The van der Waals surface area contributed by atoms with Gasteiger partial charge in [-0.2, -0.15) is 0 Å². The number of amides is 1. The van der Waals surface area contributed by atoms with Crippen LogP contribution in [-0.2, 0) is 14.8 Å². The van der Waals surface area contributed by atoms with Crippen LogP contribution < -0.4 is 10.0 Å². The molecule has 0 unspecified atom stereocenters. The van der Waals surface area contributed by atoms with Crippen molar-refractivity contribution in [2.75, 3.05) is 10.0 Å². The molecule has 1 aromatic heterocycles. The zero-order valence-electron chi connectivity index (χ0n) is 19.7. The predicted molar refractivity (Wildman–Crippen MR) is 140 cm³/mol. The molecule has 7 nitrogen and oxygen atoms in total. The van der Waals surface area contributed by atoms with Gasteiger partial charge in [0.15, 0.2) is 5.82 Å². The molecule has 3 aromatic carbocycles. The summed E-state index contributed by atoms with van der Waals surface area (Å²) in [4.78, 5) is 20.2. The number of sulfonamides is 1. The van der Waals surface area contributed by atoms with Crippen molar-refractivity contribution in [3.8, 4) is 11.1 Å². The first kappa shape index (κ1) is 26.7. The Kier molecular flexibility index (Phi) is 7.11. The number of benzene rings is 3. The number of carbonyl (C=O) groups excluding carboxylic acids is 1. The fourth-order valence-corrected chi connectivity index (χ4v) is 5.12. The second kappa shape index (κ2) is 9.85. The molecule has 0 saturated heterocycles. The normalized spacial score (nSPS) is 12.0. The Labute approximate surface area is 221 Å². The van der Waals surface area contributed by atoms with Gasteiger partial charge in [0, 0.05) is 27.6 Å². The molecule has 37 heavy (non-hydrogen) atoms. The van der Waals surface area contributed by atoms with E-state index in [9.17, 15) is 17.6 Å². The van der Waals surface area contributed by atoms with Crippen molar-refractivity contribution < 1.29 is 22.0 Å². The number of anilines is 2. The molecule has 0 atom stereocenters. The van der Waals surface area contributed by atoms with Gasteiger partial charge in [0.05, 0.1) is 10.5 Å². The van der Waals surface area contributed by atoms with Crippen LogP contribution in [0, 0.1) is 17.0 Å². The Hall–Kier alpha value is -3.34. The van der Waals surface area contributed by atoms with Crippen molar-refractivity contribution >= 4 is 61.7 Å². The van der Waals surface area contributed by atoms with Crippen molar-refractivity contribution in [2.24, 2.45) is 5.41 Å². The highest BCUT2D eigenvalue weighted by Gasteiger charge is 2.25. The summed E-state index contributed by atoms with van der Waals surface area (Å²) in [6.07, 6.45) is 1.45. The van der Waals surface area contributed by atoms with E-state index in [2.05, 4.69) is 15.3 Å². The number of nitrogens with one attached hydrogen (secondary N) is 2. The fraction of sp³-hybridized carbons (Fsp3) is 0.160. The Balaban J connectivity index is 1.70. The third kappa shape index (κ3) is 5.66. The number of fused-ring (bicyclic) bond motifs is 1. The van der Waals surface area contributed by atoms with E-state index >= 15 is 4.39 Å². The average molecular weight is 565 g/mol. The van der Waals surface area contributed by atoms with Gasteiger partial charge in [0.2, 0.25) is 11.9 Å². The van der Waals surface area contributed by atoms with E-state index in [1.165, 1.54) is 30.5 Å². The summed E-state index contributed by atoms with van der Waals surface area (Å²) in [6.45, 7) is 5.26. The van der Waals surface area contributed by atoms with Crippen LogP contribution in [0.5, 0.6) is 0 Å². The van der Waals surface area contributed by atoms with Gasteiger partial charge in [-0.1, -0.05) is 50.0 Å². The van der Waals surface area contributed by atoms with Gasteiger partial charge < -0.3 is 0 Å². The molecule has 4 aromatic rings. The topological polar surface area (TPSA) is 101 Å². The van der Waals surface area contributed by atoms with Crippen LogP contribution in [0.4, 0.5) is 20.4 Å². The van der Waals surface area contributed by atoms with E-state index < -0.39 is 37.7 Å². The molecular weight excluding hydrogens is 545 g/mol. The summed E-state index contributed by atoms with van der Waals surface area (Å²) in [5.41, 5.74) is -0.781. The fourth-order valence-electron chi connectivity index (χ4n) is 3.29. The van der Waals surface area contributed by atoms with Gasteiger partial charge in [-0.15, -0.1) is 0 Å². The molecule has 0 fully saturated rings. The molecule has 0 spiro atoms. The molecule has 0 saturated carbocycles. The Morgan fingerprint density at radius 2 is 1.73 bits per heavy atom. The van der Waals surface area contributed by atoms with Gasteiger partial charge >= 0.3 is 0 Å². The third-order valence-corrected chi connectivity index (χ3v) is 7.37. The molecule has 12 heteroatoms. The van der Waals surface area contributed by atoms with E-state index in [-0.39, 0.29) is 27.5 Å². The maximum absolute atomic E-state index is 15.5. The van der Waals surface area contributed by atoms with E-state index in [0.717, 1.165) is 12.1 Å². The molecule has 2 N–H and O–H groups in total. The first-order valence-electron chi connectivity index (χ1n) is 10.8. The van der Waals surface area contributed by atoms with Crippen LogP contribution in [0.1, 0.15) is 20.8 Å². The lowest BCUT2D eigenvalue weighted by atomic mass is 9.96. The van der Waals surface area contributed by atoms with Crippen molar-refractivity contribution in [3.05, 3.63) is 76.4 Å². The minimum Gasteiger partial charge on any atom is -0.294 e. The zero-order chi connectivity index (χ0) is 27.1. The molecule has 0 aliphatic carbocycles. The second-order valence-corrected chi connectivity index (χ2v) is 11.6. The van der Waals surface area contributed by atoms with Crippen LogP contribution in [-0.4, -0.2) is 24.3 Å². The average Bonchev–Trinajstić information content (AvgIpc) is 2.82. The van der Waals surface area contributed by atoms with E-state index in [1.807, 2.05) is 4.72 Å². The van der Waals surface area contributed by atoms with E-state index in [1.54, 1.807) is 32.9 Å². The molecule has 0 aliphatic rings. The number of aromatic nitrogens is 2. The van der Waals surface area contributed by atoms with Crippen molar-refractivity contribution in [2.45, 2.75) is 25.7 Å². The summed E-state index contributed by atoms with van der Waals surface area (Å²) < 4.78 is 57.7. The van der Waals surface area contributed by atoms with Gasteiger partial charge in [-0.25, -0.2) is 27.2 Å². The number of rotatable bonds is 5. The second-order valence-electron chi connectivity index (χ2n) is 9.14. The lowest BCUT2D eigenvalue weighted by Gasteiger charge is -2.16. The van der Waals surface area contributed by atoms with E-state index in [0.29, 0.717) is 16.5 Å². The number of hydrogen-bond acceptors (Lipinski definition) is 5. The third-order valence-electron chi connectivity index (χ3n) is 5.31. The maximum atomic E-state index is 15.5. The largest absolute Gasteiger partial charge is 0.294 e. The summed E-state index contributed by atoms with van der Waals surface area (Å²) >= 11 is 11.8. The number of halogens is 4. The summed E-state index contributed by atoms with van der Waals surface area (Å²) in [5, 5.41) is 3.07. The number of carbonyl (C=O) groups is 1. The molecule has 4 rings (SSSR count). The van der Waals surface area contributed by atoms with Crippen LogP contribution >= 0.6 is 23.2 Å². The molecule has 0 aliphatic heterocycles. The van der Waals surface area contributed by atoms with E-state index in [4.69, 9.17) is 23.2 Å². The molecular formula is C25H20Cl2F2N4O3S. The first-order chi connectivity index (χ1) is 17.3. The van der Waals surface area contributed by atoms with Gasteiger partial charge in [0.1, 0.15) is 16.4 Å². The lowest BCUT2D eigenvalue weighted by Crippen LogP contribution is -2.28. The smallest absolute Gasteiger partial charge is 0.263 e. The molecule has 0 bridgehead atoms. The van der Waals surface area contributed by atoms with Crippen LogP contribution in [0.3, 0.4) is 0 Å². The SMILES string of the molecule is CC(C)(C)C(=O)Nc1ncc2cc(-c3ccc(F)c(NS(=O)(=O)c4cc(Cl)ccc4Cl)c3F)ccc2n1. The molecule has 0 radical (unpaired) electrons. The van der Waals surface area contributed by atoms with Crippen LogP contribution in [0.25, 0.3) is 22.0 Å². The summed E-state index contributed by atoms with van der Waals surface area (Å²) in [5.74, 6) is -2.39. The van der Waals surface area contributed by atoms with Crippen molar-refractivity contribution in [1.82, 2.24) is 9.97 Å². The predicted octanol–water partition coefficient (Wildman–Crippen LogP) is 6.67.